The Balaban J connectivity index is 2.57. The highest BCUT2D eigenvalue weighted by molar-refractivity contribution is 5.82. The van der Waals surface area contributed by atoms with Gasteiger partial charge in [-0.05, 0) is 12.1 Å². The summed E-state index contributed by atoms with van der Waals surface area (Å²) in [5, 5.41) is 2.68. The Bertz CT molecular complexity index is 412. The lowest BCUT2D eigenvalue weighted by Crippen LogP contribution is -2.36. The van der Waals surface area contributed by atoms with Crippen molar-refractivity contribution in [2.75, 3.05) is 44.5 Å². The summed E-state index contributed by atoms with van der Waals surface area (Å²) in [6, 6.07) is 4.51. The monoisotopic (exact) mass is 255 g/mol. The van der Waals surface area contributed by atoms with E-state index in [0.29, 0.717) is 18.8 Å². The number of para-hydroxylation sites is 1. The molecule has 0 unspecified atom stereocenters. The van der Waals surface area contributed by atoms with Crippen LogP contribution in [-0.2, 0) is 9.53 Å². The lowest BCUT2D eigenvalue weighted by atomic mass is 10.2. The summed E-state index contributed by atoms with van der Waals surface area (Å²) in [6.07, 6.45) is 0. The molecule has 0 saturated carbocycles. The summed E-state index contributed by atoms with van der Waals surface area (Å²) in [6.45, 7) is 1.01. The van der Waals surface area contributed by atoms with Crippen LogP contribution in [0.5, 0.6) is 0 Å². The first-order valence-corrected chi connectivity index (χ1v) is 5.57. The molecule has 1 aromatic carbocycles. The second kappa shape index (κ2) is 6.80. The molecule has 0 radical (unpaired) electrons. The van der Waals surface area contributed by atoms with Gasteiger partial charge in [0.05, 0.1) is 24.5 Å². The molecule has 0 aromatic heterocycles. The van der Waals surface area contributed by atoms with Gasteiger partial charge < -0.3 is 20.7 Å². The third-order valence-electron chi connectivity index (χ3n) is 2.45. The predicted octanol–water partition coefficient (Wildman–Crippen LogP) is 0.607. The van der Waals surface area contributed by atoms with Crippen molar-refractivity contribution in [1.29, 1.82) is 0 Å². The first-order chi connectivity index (χ1) is 8.56. The maximum atomic E-state index is 13.3. The number of benzene rings is 1. The Hall–Kier alpha value is -1.82. The zero-order valence-electron chi connectivity index (χ0n) is 10.6. The maximum absolute atomic E-state index is 13.3. The van der Waals surface area contributed by atoms with Crippen LogP contribution in [0.1, 0.15) is 0 Å². The molecule has 0 saturated heterocycles. The molecule has 0 fully saturated rings. The smallest absolute Gasteiger partial charge is 0.239 e. The molecule has 3 N–H and O–H groups in total. The highest BCUT2D eigenvalue weighted by atomic mass is 19.1. The number of likely N-dealkylation sites (N-methyl/N-ethyl adjacent to an activating group) is 1. The Labute approximate surface area is 106 Å². The first-order valence-electron chi connectivity index (χ1n) is 5.57. The van der Waals surface area contributed by atoms with Crippen LogP contribution in [0.25, 0.3) is 0 Å². The minimum Gasteiger partial charge on any atom is -0.395 e. The highest BCUT2D eigenvalue weighted by Gasteiger charge is 2.11. The molecule has 0 bridgehead atoms. The van der Waals surface area contributed by atoms with Crippen LogP contribution in [-0.4, -0.2) is 39.8 Å². The van der Waals surface area contributed by atoms with Crippen LogP contribution < -0.4 is 16.0 Å². The number of carbonyl (C=O) groups is 1. The molecule has 6 heteroatoms. The molecule has 5 nitrogen and oxygen atoms in total. The van der Waals surface area contributed by atoms with E-state index in [1.165, 1.54) is 6.07 Å². The predicted molar refractivity (Wildman–Crippen MR) is 69.0 cm³/mol. The number of anilines is 2. The minimum atomic E-state index is -0.487. The third-order valence-corrected chi connectivity index (χ3v) is 2.45. The number of rotatable bonds is 6. The fraction of sp³-hybridized carbons (Fsp3) is 0.417. The van der Waals surface area contributed by atoms with Crippen LogP contribution in [0.4, 0.5) is 15.8 Å². The van der Waals surface area contributed by atoms with Crippen LogP contribution in [0.3, 0.4) is 0 Å². The standard InChI is InChI=1S/C12H18FN3O2/c1-16(8-11(17)15-6-7-18-2)10-5-3-4-9(13)12(10)14/h3-5H,6-8,14H2,1-2H3,(H,15,17). The fourth-order valence-electron chi connectivity index (χ4n) is 1.51. The van der Waals surface area contributed by atoms with Crippen molar-refractivity contribution >= 4 is 17.3 Å². The van der Waals surface area contributed by atoms with Gasteiger partial charge in [0.2, 0.25) is 5.91 Å². The van der Waals surface area contributed by atoms with Gasteiger partial charge in [-0.1, -0.05) is 6.07 Å². The van der Waals surface area contributed by atoms with E-state index in [9.17, 15) is 9.18 Å². The summed E-state index contributed by atoms with van der Waals surface area (Å²) >= 11 is 0. The van der Waals surface area contributed by atoms with Gasteiger partial charge in [-0.3, -0.25) is 4.79 Å². The van der Waals surface area contributed by atoms with E-state index in [-0.39, 0.29) is 18.1 Å². The van der Waals surface area contributed by atoms with Gasteiger partial charge in [0, 0.05) is 20.7 Å². The molecule has 100 valence electrons. The summed E-state index contributed by atoms with van der Waals surface area (Å²) in [5.74, 6) is -0.655. The van der Waals surface area contributed by atoms with Crippen molar-refractivity contribution in [3.8, 4) is 0 Å². The topological polar surface area (TPSA) is 67.6 Å². The summed E-state index contributed by atoms with van der Waals surface area (Å²) in [7, 11) is 3.24. The molecular weight excluding hydrogens is 237 g/mol. The molecular formula is C12H18FN3O2. The highest BCUT2D eigenvalue weighted by Crippen LogP contribution is 2.24. The van der Waals surface area contributed by atoms with Gasteiger partial charge in [-0.25, -0.2) is 4.39 Å². The van der Waals surface area contributed by atoms with Gasteiger partial charge in [0.1, 0.15) is 5.82 Å². The van der Waals surface area contributed by atoms with E-state index in [1.54, 1.807) is 31.2 Å². The lowest BCUT2D eigenvalue weighted by molar-refractivity contribution is -0.119. The van der Waals surface area contributed by atoms with Gasteiger partial charge >= 0.3 is 0 Å². The van der Waals surface area contributed by atoms with Crippen molar-refractivity contribution in [2.45, 2.75) is 0 Å². The number of hydrogen-bond acceptors (Lipinski definition) is 4. The van der Waals surface area contributed by atoms with E-state index in [0.717, 1.165) is 0 Å². The number of hydrogen-bond donors (Lipinski definition) is 2. The minimum absolute atomic E-state index is 0.0460. The lowest BCUT2D eigenvalue weighted by Gasteiger charge is -2.20. The van der Waals surface area contributed by atoms with Crippen molar-refractivity contribution in [3.05, 3.63) is 24.0 Å². The number of nitrogens with two attached hydrogens (primary N) is 1. The molecule has 0 aliphatic rings. The van der Waals surface area contributed by atoms with Crippen LogP contribution in [0, 0.1) is 5.82 Å². The second-order valence-electron chi connectivity index (χ2n) is 3.87. The number of carbonyl (C=O) groups excluding carboxylic acids is 1. The summed E-state index contributed by atoms with van der Waals surface area (Å²) in [4.78, 5) is 13.2. The number of methoxy groups -OCH3 is 1. The Morgan fingerprint density at radius 3 is 2.94 bits per heavy atom. The molecule has 0 aliphatic carbocycles. The molecule has 18 heavy (non-hydrogen) atoms. The Morgan fingerprint density at radius 2 is 2.28 bits per heavy atom. The Kier molecular flexibility index (Phi) is 5.38. The molecule has 0 aliphatic heterocycles. The molecule has 0 spiro atoms. The zero-order valence-corrected chi connectivity index (χ0v) is 10.6. The largest absolute Gasteiger partial charge is 0.395 e. The van der Waals surface area contributed by atoms with E-state index >= 15 is 0 Å². The average molecular weight is 255 g/mol. The number of nitrogens with one attached hydrogen (secondary N) is 1. The van der Waals surface area contributed by atoms with Gasteiger partial charge in [0.25, 0.3) is 0 Å². The first kappa shape index (κ1) is 14.2. The number of nitrogens with zero attached hydrogens (tertiary/aromatic N) is 1. The molecule has 0 atom stereocenters. The van der Waals surface area contributed by atoms with Gasteiger partial charge in [0.15, 0.2) is 0 Å². The van der Waals surface area contributed by atoms with Gasteiger partial charge in [-0.15, -0.1) is 0 Å². The number of amides is 1. The van der Waals surface area contributed by atoms with Crippen LogP contribution in [0.15, 0.2) is 18.2 Å². The number of halogens is 1. The average Bonchev–Trinajstić information content (AvgIpc) is 2.32. The molecule has 0 heterocycles. The maximum Gasteiger partial charge on any atom is 0.239 e. The van der Waals surface area contributed by atoms with E-state index in [2.05, 4.69) is 5.32 Å². The Morgan fingerprint density at radius 1 is 1.56 bits per heavy atom. The van der Waals surface area contributed by atoms with Crippen LogP contribution >= 0.6 is 0 Å². The molecule has 1 rings (SSSR count). The zero-order chi connectivity index (χ0) is 13.5. The van der Waals surface area contributed by atoms with Crippen LogP contribution in [0.2, 0.25) is 0 Å². The quantitative estimate of drug-likeness (QED) is 0.577. The molecule has 1 aromatic rings. The van der Waals surface area contributed by atoms with Crippen molar-refractivity contribution in [3.63, 3.8) is 0 Å². The van der Waals surface area contributed by atoms with Crippen molar-refractivity contribution in [2.24, 2.45) is 0 Å². The summed E-state index contributed by atoms with van der Waals surface area (Å²) < 4.78 is 18.1. The van der Waals surface area contributed by atoms with E-state index in [1.807, 2.05) is 0 Å². The number of ether oxygens (including phenoxy) is 1. The SMILES string of the molecule is COCCNC(=O)CN(C)c1cccc(F)c1N. The molecule has 1 amide bonds. The van der Waals surface area contributed by atoms with E-state index in [4.69, 9.17) is 10.5 Å². The number of nitrogen functional groups attached to an aromatic ring is 1. The summed E-state index contributed by atoms with van der Waals surface area (Å²) in [5.41, 5.74) is 6.16. The normalized spacial score (nSPS) is 10.2. The second-order valence-corrected chi connectivity index (χ2v) is 3.87. The van der Waals surface area contributed by atoms with E-state index < -0.39 is 5.82 Å². The third kappa shape index (κ3) is 3.89. The van der Waals surface area contributed by atoms with Crippen molar-refractivity contribution < 1.29 is 13.9 Å². The van der Waals surface area contributed by atoms with Gasteiger partial charge in [-0.2, -0.15) is 0 Å². The van der Waals surface area contributed by atoms with Crippen molar-refractivity contribution in [1.82, 2.24) is 5.32 Å². The fourth-order valence-corrected chi connectivity index (χ4v) is 1.51.